The van der Waals surface area contributed by atoms with Crippen molar-refractivity contribution in [2.24, 2.45) is 5.73 Å². The minimum Gasteiger partial charge on any atom is -0.465 e. The smallest absolute Gasteiger partial charge is 0.322 e. The van der Waals surface area contributed by atoms with Gasteiger partial charge in [-0.15, -0.1) is 0 Å². The van der Waals surface area contributed by atoms with Gasteiger partial charge in [0, 0.05) is 0 Å². The maximum Gasteiger partial charge on any atom is 0.322 e. The first kappa shape index (κ1) is 12.4. The summed E-state index contributed by atoms with van der Waals surface area (Å²) in [5.74, 6) is -0.340. The molecule has 0 aromatic heterocycles. The van der Waals surface area contributed by atoms with Crippen LogP contribution >= 0.6 is 11.9 Å². The highest BCUT2D eigenvalue weighted by molar-refractivity contribution is 6.04. The van der Waals surface area contributed by atoms with Crippen LogP contribution in [0.2, 0.25) is 0 Å². The highest BCUT2D eigenvalue weighted by Crippen LogP contribution is 1.80. The van der Waals surface area contributed by atoms with Crippen LogP contribution in [0.3, 0.4) is 0 Å². The maximum atomic E-state index is 10.4. The fraction of sp³-hybridized carbons (Fsp3) is 0.800. The molecular weight excluding hydrogens is 158 g/mol. The summed E-state index contributed by atoms with van der Waals surface area (Å²) in [6.07, 6.45) is 0. The Morgan fingerprint density at radius 3 is 2.30 bits per heavy atom. The normalized spacial score (nSPS) is 10.9. The van der Waals surface area contributed by atoms with Crippen LogP contribution in [0.15, 0.2) is 0 Å². The molecule has 0 aliphatic rings. The predicted octanol–water partition coefficient (Wildman–Crippen LogP) is 0.0292. The Labute approximate surface area is 65.1 Å². The molecule has 4 nitrogen and oxygen atoms in total. The molecule has 1 unspecified atom stereocenters. The van der Waals surface area contributed by atoms with Crippen molar-refractivity contribution >= 4 is 17.8 Å². The van der Waals surface area contributed by atoms with E-state index in [0.29, 0.717) is 6.61 Å². The molecule has 0 aromatic carbocycles. The van der Waals surface area contributed by atoms with Gasteiger partial charge >= 0.3 is 5.97 Å². The number of esters is 1. The number of carbonyl (C=O) groups excluding carboxylic acids is 1. The lowest BCUT2D eigenvalue weighted by molar-refractivity contribution is -0.144. The van der Waals surface area contributed by atoms with Crippen LogP contribution in [0, 0.1) is 0 Å². The maximum absolute atomic E-state index is 10.4. The zero-order chi connectivity index (χ0) is 8.57. The van der Waals surface area contributed by atoms with Crippen LogP contribution in [0.4, 0.5) is 0 Å². The van der Waals surface area contributed by atoms with E-state index in [4.69, 9.17) is 10.4 Å². The van der Waals surface area contributed by atoms with E-state index in [2.05, 4.69) is 16.6 Å². The molecule has 62 valence electrons. The van der Waals surface area contributed by atoms with E-state index >= 15 is 0 Å². The number of ether oxygens (including phenoxy) is 1. The summed E-state index contributed by atoms with van der Waals surface area (Å²) in [6, 6.07) is -0.491. The summed E-state index contributed by atoms with van der Waals surface area (Å²) in [5.41, 5.74) is 5.15. The molecule has 0 fully saturated rings. The number of hydrogen-bond acceptors (Lipinski definition) is 4. The third-order valence-corrected chi connectivity index (χ3v) is 0.658. The Bertz CT molecular complexity index is 87.0. The molecule has 0 radical (unpaired) electrons. The second kappa shape index (κ2) is 8.68. The van der Waals surface area contributed by atoms with Gasteiger partial charge in [0.2, 0.25) is 0 Å². The van der Waals surface area contributed by atoms with Crippen molar-refractivity contribution in [1.29, 1.82) is 0 Å². The Kier molecular flexibility index (Phi) is 10.7. The second-order valence-electron chi connectivity index (χ2n) is 1.54. The van der Waals surface area contributed by atoms with Crippen LogP contribution in [-0.2, 0) is 9.53 Å². The quantitative estimate of drug-likeness (QED) is 0.572. The minimum absolute atomic E-state index is 0.340. The van der Waals surface area contributed by atoms with Crippen molar-refractivity contribution in [3.8, 4) is 0 Å². The molecule has 0 rings (SSSR count). The Balaban J connectivity index is 0. The van der Waals surface area contributed by atoms with E-state index in [-0.39, 0.29) is 5.97 Å². The third-order valence-electron chi connectivity index (χ3n) is 0.658. The topological polar surface area (TPSA) is 72.5 Å². The summed E-state index contributed by atoms with van der Waals surface area (Å²) in [7, 11) is 0. The zero-order valence-corrected chi connectivity index (χ0v) is 6.76. The van der Waals surface area contributed by atoms with E-state index in [1.165, 1.54) is 0 Å². The van der Waals surface area contributed by atoms with Gasteiger partial charge in [0.15, 0.2) is 0 Å². The highest BCUT2D eigenvalue weighted by atomic mass is 35.5. The molecule has 0 aromatic rings. The standard InChI is InChI=1S/C5H11NO2.ClHO/c1-3-8-5(7)4(2)6;1-2/h4H,3,6H2,1-2H3;2H. The van der Waals surface area contributed by atoms with Gasteiger partial charge in [-0.3, -0.25) is 9.45 Å². The van der Waals surface area contributed by atoms with Crippen LogP contribution in [0.1, 0.15) is 13.8 Å². The lowest BCUT2D eigenvalue weighted by atomic mass is 10.4. The van der Waals surface area contributed by atoms with E-state index in [0.717, 1.165) is 0 Å². The Hall–Kier alpha value is -0.320. The highest BCUT2D eigenvalue weighted by Gasteiger charge is 2.05. The summed E-state index contributed by atoms with van der Waals surface area (Å²) >= 11 is 3.64. The van der Waals surface area contributed by atoms with Gasteiger partial charge in [-0.1, -0.05) is 0 Å². The van der Waals surface area contributed by atoms with Crippen LogP contribution in [0.25, 0.3) is 0 Å². The molecule has 0 saturated heterocycles. The van der Waals surface area contributed by atoms with Crippen molar-refractivity contribution in [2.45, 2.75) is 19.9 Å². The largest absolute Gasteiger partial charge is 0.465 e. The number of carbonyl (C=O) groups is 1. The molecular formula is C5H12ClNO3. The van der Waals surface area contributed by atoms with E-state index in [9.17, 15) is 4.79 Å². The molecule has 0 spiro atoms. The molecule has 10 heavy (non-hydrogen) atoms. The molecule has 0 amide bonds. The second-order valence-corrected chi connectivity index (χ2v) is 1.54. The molecule has 0 heterocycles. The molecule has 1 atom stereocenters. The molecule has 0 bridgehead atoms. The van der Waals surface area contributed by atoms with Gasteiger partial charge in [0.25, 0.3) is 0 Å². The predicted molar refractivity (Wildman–Crippen MR) is 38.4 cm³/mol. The first-order valence-electron chi connectivity index (χ1n) is 2.77. The molecule has 3 N–H and O–H groups in total. The van der Waals surface area contributed by atoms with Crippen molar-refractivity contribution in [3.63, 3.8) is 0 Å². The van der Waals surface area contributed by atoms with E-state index < -0.39 is 6.04 Å². The molecule has 0 aliphatic heterocycles. The lowest BCUT2D eigenvalue weighted by Crippen LogP contribution is -2.28. The monoisotopic (exact) mass is 169 g/mol. The van der Waals surface area contributed by atoms with Gasteiger partial charge < -0.3 is 10.5 Å². The van der Waals surface area contributed by atoms with Crippen molar-refractivity contribution in [3.05, 3.63) is 0 Å². The number of rotatable bonds is 2. The number of nitrogens with two attached hydrogens (primary N) is 1. The van der Waals surface area contributed by atoms with Crippen molar-refractivity contribution in [1.82, 2.24) is 0 Å². The zero-order valence-electron chi connectivity index (χ0n) is 6.00. The lowest BCUT2D eigenvalue weighted by Gasteiger charge is -2.02. The summed E-state index contributed by atoms with van der Waals surface area (Å²) in [4.78, 5) is 10.4. The first-order chi connectivity index (χ1) is 4.68. The third kappa shape index (κ3) is 7.68. The van der Waals surface area contributed by atoms with Gasteiger partial charge in [-0.25, -0.2) is 0 Å². The average Bonchev–Trinajstić information content (AvgIpc) is 1.93. The van der Waals surface area contributed by atoms with Gasteiger partial charge in [0.1, 0.15) is 6.04 Å². The van der Waals surface area contributed by atoms with Crippen molar-refractivity contribution < 1.29 is 14.2 Å². The first-order valence-corrected chi connectivity index (χ1v) is 3.11. The van der Waals surface area contributed by atoms with Gasteiger partial charge in [-0.05, 0) is 13.8 Å². The average molecular weight is 170 g/mol. The van der Waals surface area contributed by atoms with E-state index in [1.807, 2.05) is 0 Å². The van der Waals surface area contributed by atoms with E-state index in [1.54, 1.807) is 13.8 Å². The van der Waals surface area contributed by atoms with Gasteiger partial charge in [-0.2, -0.15) is 0 Å². The number of halogens is 1. The van der Waals surface area contributed by atoms with Crippen molar-refractivity contribution in [2.75, 3.05) is 6.61 Å². The van der Waals surface area contributed by atoms with Crippen LogP contribution in [-0.4, -0.2) is 23.3 Å². The summed E-state index contributed by atoms with van der Waals surface area (Å²) < 4.78 is 11.0. The SMILES string of the molecule is CCOC(=O)C(C)N.OCl. The summed E-state index contributed by atoms with van der Waals surface area (Å²) in [5, 5.41) is 0. The van der Waals surface area contributed by atoms with Gasteiger partial charge in [0.05, 0.1) is 18.5 Å². The van der Waals surface area contributed by atoms with Crippen LogP contribution in [0.5, 0.6) is 0 Å². The Morgan fingerprint density at radius 1 is 1.80 bits per heavy atom. The summed E-state index contributed by atoms with van der Waals surface area (Å²) in [6.45, 7) is 3.75. The molecule has 5 heteroatoms. The Morgan fingerprint density at radius 2 is 2.20 bits per heavy atom. The molecule has 0 aliphatic carbocycles. The number of hydrogen-bond donors (Lipinski definition) is 2. The van der Waals surface area contributed by atoms with Crippen LogP contribution < -0.4 is 5.73 Å². The minimum atomic E-state index is -0.491. The fourth-order valence-corrected chi connectivity index (χ4v) is 0.274. The molecule has 0 saturated carbocycles. The fourth-order valence-electron chi connectivity index (χ4n) is 0.274.